The van der Waals surface area contributed by atoms with Crippen molar-refractivity contribution in [3.63, 3.8) is 0 Å². The number of hydrogen-bond donors (Lipinski definition) is 0. The zero-order valence-electron chi connectivity index (χ0n) is 22.4. The van der Waals surface area contributed by atoms with Gasteiger partial charge in [0.05, 0.1) is 0 Å². The molecule has 0 aromatic heterocycles. The molecule has 6 aromatic carbocycles. The van der Waals surface area contributed by atoms with Gasteiger partial charge in [0.25, 0.3) is 6.47 Å². The van der Waals surface area contributed by atoms with Crippen LogP contribution >= 0.6 is 0 Å². The van der Waals surface area contributed by atoms with E-state index in [1.807, 2.05) is 42.5 Å². The van der Waals surface area contributed by atoms with Crippen LogP contribution in [0.5, 0.6) is 5.75 Å². The number of benzene rings is 6. The van der Waals surface area contributed by atoms with Crippen molar-refractivity contribution in [1.29, 1.82) is 0 Å². The minimum absolute atomic E-state index is 0.441. The molecule has 0 fully saturated rings. The third kappa shape index (κ3) is 5.72. The van der Waals surface area contributed by atoms with Crippen LogP contribution in [0.15, 0.2) is 164 Å². The fraction of sp³-hybridized carbons (Fsp3) is 0. The minimum atomic E-state index is 0.441. The van der Waals surface area contributed by atoms with Gasteiger partial charge in [0.15, 0.2) is 0 Å². The van der Waals surface area contributed by atoms with E-state index in [0.717, 1.165) is 45.3 Å². The molecule has 6 rings (SSSR count). The first-order valence-corrected chi connectivity index (χ1v) is 13.5. The normalized spacial score (nSPS) is 10.5. The largest absolute Gasteiger partial charge is 0.429 e. The first-order chi connectivity index (χ1) is 20.3. The number of hydrogen-bond acceptors (Lipinski definition) is 4. The van der Waals surface area contributed by atoms with Crippen LogP contribution in [0.2, 0.25) is 0 Å². The number of nitrogens with zero attached hydrogens (tertiary/aromatic N) is 2. The van der Waals surface area contributed by atoms with E-state index in [1.54, 1.807) is 12.1 Å². The topological polar surface area (TPSA) is 32.8 Å². The van der Waals surface area contributed by atoms with Crippen molar-refractivity contribution in [3.8, 4) is 16.9 Å². The Balaban J connectivity index is 1.30. The lowest BCUT2D eigenvalue weighted by Gasteiger charge is -2.26. The Kier molecular flexibility index (Phi) is 7.55. The smallest absolute Gasteiger partial charge is 0.298 e. The number of ether oxygens (including phenoxy) is 1. The molecule has 4 nitrogen and oxygen atoms in total. The summed E-state index contributed by atoms with van der Waals surface area (Å²) in [6.07, 6.45) is 0. The molecule has 0 spiro atoms. The molecule has 0 aliphatic heterocycles. The number of carbonyl (C=O) groups is 1. The van der Waals surface area contributed by atoms with Gasteiger partial charge in [-0.3, -0.25) is 4.79 Å². The number of rotatable bonds is 9. The quantitative estimate of drug-likeness (QED) is 0.174. The van der Waals surface area contributed by atoms with Gasteiger partial charge in [0.2, 0.25) is 0 Å². The summed E-state index contributed by atoms with van der Waals surface area (Å²) in [5.41, 5.74) is 8.63. The molecule has 0 bridgehead atoms. The van der Waals surface area contributed by atoms with E-state index in [-0.39, 0.29) is 0 Å². The first-order valence-electron chi connectivity index (χ1n) is 13.5. The SMILES string of the molecule is O=COc1ccc(N(c2ccccc2)c2ccc(-c3ccc(N(c4ccccc4)c4ccccc4)cc3)cc2)cc1. The third-order valence-electron chi connectivity index (χ3n) is 6.91. The van der Waals surface area contributed by atoms with E-state index in [9.17, 15) is 4.79 Å². The van der Waals surface area contributed by atoms with Gasteiger partial charge in [-0.15, -0.1) is 0 Å². The Morgan fingerprint density at radius 3 is 0.976 bits per heavy atom. The molecule has 198 valence electrons. The average molecular weight is 533 g/mol. The molecular weight excluding hydrogens is 504 g/mol. The Morgan fingerprint density at radius 1 is 0.366 bits per heavy atom. The van der Waals surface area contributed by atoms with Crippen molar-refractivity contribution < 1.29 is 9.53 Å². The van der Waals surface area contributed by atoms with E-state index < -0.39 is 0 Å². The summed E-state index contributed by atoms with van der Waals surface area (Å²) in [6.45, 7) is 0.441. The Labute approximate surface area is 240 Å². The maximum Gasteiger partial charge on any atom is 0.298 e. The molecule has 0 radical (unpaired) electrons. The zero-order chi connectivity index (χ0) is 27.9. The van der Waals surface area contributed by atoms with Gasteiger partial charge < -0.3 is 14.5 Å². The summed E-state index contributed by atoms with van der Waals surface area (Å²) < 4.78 is 4.99. The van der Waals surface area contributed by atoms with Crippen molar-refractivity contribution in [3.05, 3.63) is 164 Å². The summed E-state index contributed by atoms with van der Waals surface area (Å²) in [5, 5.41) is 0. The zero-order valence-corrected chi connectivity index (χ0v) is 22.4. The van der Waals surface area contributed by atoms with Crippen molar-refractivity contribution in [2.24, 2.45) is 0 Å². The van der Waals surface area contributed by atoms with Crippen LogP contribution in [0, 0.1) is 0 Å². The standard InChI is InChI=1S/C37H28N2O2/c40-28-41-37-26-24-36(25-27-37)39(33-14-8-3-9-15-33)35-22-18-30(19-23-35)29-16-20-34(21-17-29)38(31-10-4-1-5-11-31)32-12-6-2-7-13-32/h1-28H. The molecule has 0 aliphatic carbocycles. The molecule has 0 N–H and O–H groups in total. The van der Waals surface area contributed by atoms with Crippen LogP contribution in [0.3, 0.4) is 0 Å². The molecule has 0 unspecified atom stereocenters. The second-order valence-corrected chi connectivity index (χ2v) is 9.48. The lowest BCUT2D eigenvalue weighted by Crippen LogP contribution is -2.10. The highest BCUT2D eigenvalue weighted by Crippen LogP contribution is 2.38. The predicted molar refractivity (Wildman–Crippen MR) is 168 cm³/mol. The van der Waals surface area contributed by atoms with Crippen LogP contribution in [0.25, 0.3) is 11.1 Å². The first kappa shape index (κ1) is 25.7. The molecule has 0 atom stereocenters. The second-order valence-electron chi connectivity index (χ2n) is 9.48. The van der Waals surface area contributed by atoms with Gasteiger partial charge in [0.1, 0.15) is 5.75 Å². The van der Waals surface area contributed by atoms with Crippen LogP contribution in [0.1, 0.15) is 0 Å². The van der Waals surface area contributed by atoms with Crippen LogP contribution in [0.4, 0.5) is 34.1 Å². The van der Waals surface area contributed by atoms with Gasteiger partial charge >= 0.3 is 0 Å². The summed E-state index contributed by atoms with van der Waals surface area (Å²) in [6, 6.07) is 55.8. The number of para-hydroxylation sites is 3. The van der Waals surface area contributed by atoms with Crippen LogP contribution in [-0.4, -0.2) is 6.47 Å². The minimum Gasteiger partial charge on any atom is -0.429 e. The van der Waals surface area contributed by atoms with Crippen LogP contribution in [-0.2, 0) is 4.79 Å². The highest BCUT2D eigenvalue weighted by atomic mass is 16.5. The predicted octanol–water partition coefficient (Wildman–Crippen LogP) is 9.83. The van der Waals surface area contributed by atoms with E-state index in [4.69, 9.17) is 4.74 Å². The summed E-state index contributed by atoms with van der Waals surface area (Å²) in [5.74, 6) is 0.508. The highest BCUT2D eigenvalue weighted by Gasteiger charge is 2.14. The maximum atomic E-state index is 10.7. The second kappa shape index (κ2) is 12.1. The number of anilines is 6. The summed E-state index contributed by atoms with van der Waals surface area (Å²) >= 11 is 0. The lowest BCUT2D eigenvalue weighted by atomic mass is 10.0. The van der Waals surface area contributed by atoms with E-state index in [0.29, 0.717) is 12.2 Å². The molecule has 0 aliphatic rings. The van der Waals surface area contributed by atoms with Crippen LogP contribution < -0.4 is 14.5 Å². The van der Waals surface area contributed by atoms with Gasteiger partial charge in [-0.1, -0.05) is 78.9 Å². The van der Waals surface area contributed by atoms with E-state index >= 15 is 0 Å². The van der Waals surface area contributed by atoms with Crippen molar-refractivity contribution >= 4 is 40.6 Å². The summed E-state index contributed by atoms with van der Waals surface area (Å²) in [7, 11) is 0. The average Bonchev–Trinajstić information content (AvgIpc) is 3.05. The molecule has 0 heterocycles. The molecule has 41 heavy (non-hydrogen) atoms. The number of carbonyl (C=O) groups excluding carboxylic acids is 1. The summed E-state index contributed by atoms with van der Waals surface area (Å²) in [4.78, 5) is 15.2. The van der Waals surface area contributed by atoms with Gasteiger partial charge in [-0.05, 0) is 96.1 Å². The molecule has 4 heteroatoms. The van der Waals surface area contributed by atoms with Crippen molar-refractivity contribution in [1.82, 2.24) is 0 Å². The Morgan fingerprint density at radius 2 is 0.659 bits per heavy atom. The monoisotopic (exact) mass is 532 g/mol. The van der Waals surface area contributed by atoms with Crippen molar-refractivity contribution in [2.45, 2.75) is 0 Å². The fourth-order valence-electron chi connectivity index (χ4n) is 4.96. The fourth-order valence-corrected chi connectivity index (χ4v) is 4.96. The molecule has 0 saturated carbocycles. The highest BCUT2D eigenvalue weighted by molar-refractivity contribution is 5.80. The van der Waals surface area contributed by atoms with E-state index in [2.05, 4.69) is 119 Å². The van der Waals surface area contributed by atoms with Crippen molar-refractivity contribution in [2.75, 3.05) is 9.80 Å². The lowest BCUT2D eigenvalue weighted by molar-refractivity contribution is -0.120. The maximum absolute atomic E-state index is 10.7. The van der Waals surface area contributed by atoms with Gasteiger partial charge in [-0.2, -0.15) is 0 Å². The van der Waals surface area contributed by atoms with Gasteiger partial charge in [-0.25, -0.2) is 0 Å². The molecule has 0 saturated heterocycles. The molecule has 6 aromatic rings. The molecule has 0 amide bonds. The van der Waals surface area contributed by atoms with E-state index in [1.165, 1.54) is 0 Å². The Hall–Kier alpha value is -5.61. The molecular formula is C37H28N2O2. The third-order valence-corrected chi connectivity index (χ3v) is 6.91. The van der Waals surface area contributed by atoms with Gasteiger partial charge in [0, 0.05) is 34.1 Å². The Bertz CT molecular complexity index is 1650.